The van der Waals surface area contributed by atoms with E-state index in [9.17, 15) is 0 Å². The van der Waals surface area contributed by atoms with Crippen LogP contribution in [0, 0.1) is 12.3 Å². The molecule has 2 aliphatic heterocycles. The van der Waals surface area contributed by atoms with Gasteiger partial charge in [-0.2, -0.15) is 0 Å². The lowest BCUT2D eigenvalue weighted by atomic mass is 10.1. The summed E-state index contributed by atoms with van der Waals surface area (Å²) in [5.41, 5.74) is 9.04. The average molecular weight is 441 g/mol. The van der Waals surface area contributed by atoms with Crippen molar-refractivity contribution in [3.8, 4) is 29.2 Å². The van der Waals surface area contributed by atoms with Crippen LogP contribution in [0.5, 0.6) is 5.75 Å². The van der Waals surface area contributed by atoms with Crippen molar-refractivity contribution in [3.63, 3.8) is 0 Å². The Balaban J connectivity index is 1.72. The minimum Gasteiger partial charge on any atom is -0.478 e. The number of rotatable bonds is 3. The topological polar surface area (TPSA) is 66.6 Å². The molecule has 0 atom stereocenters. The van der Waals surface area contributed by atoms with Crippen molar-refractivity contribution in [1.82, 2.24) is 19.9 Å². The minimum atomic E-state index is 0.161. The second-order valence-corrected chi connectivity index (χ2v) is 8.05. The van der Waals surface area contributed by atoms with Crippen molar-refractivity contribution in [1.29, 1.82) is 0 Å². The van der Waals surface area contributed by atoms with E-state index in [2.05, 4.69) is 28.0 Å². The molecule has 5 nitrogen and oxygen atoms in total. The summed E-state index contributed by atoms with van der Waals surface area (Å²) in [6.45, 7) is 0.161. The Kier molecular flexibility index (Phi) is 4.82. The maximum atomic E-state index is 6.09. The van der Waals surface area contributed by atoms with Gasteiger partial charge in [-0.05, 0) is 66.3 Å². The Morgan fingerprint density at radius 2 is 1.29 bits per heavy atom. The Labute approximate surface area is 196 Å². The van der Waals surface area contributed by atoms with E-state index >= 15 is 0 Å². The first-order chi connectivity index (χ1) is 16.7. The summed E-state index contributed by atoms with van der Waals surface area (Å²) < 4.78 is 6.09. The molecule has 0 amide bonds. The smallest absolute Gasteiger partial charge is 0.154 e. The summed E-state index contributed by atoms with van der Waals surface area (Å²) in [5.74, 6) is 3.28. The first kappa shape index (κ1) is 19.8. The van der Waals surface area contributed by atoms with Crippen LogP contribution in [0.25, 0.3) is 57.5 Å². The van der Waals surface area contributed by atoms with Crippen LogP contribution in [-0.2, 0) is 0 Å². The van der Waals surface area contributed by atoms with Crippen molar-refractivity contribution in [2.75, 3.05) is 6.61 Å². The van der Waals surface area contributed by atoms with Crippen LogP contribution in [0.4, 0.5) is 0 Å². The van der Waals surface area contributed by atoms with Gasteiger partial charge in [0.05, 0.1) is 33.8 Å². The predicted octanol–water partition coefficient (Wildman–Crippen LogP) is 6.33. The lowest BCUT2D eigenvalue weighted by Crippen LogP contribution is -1.94. The molecule has 6 rings (SSSR count). The Hall–Kier alpha value is -4.82. The van der Waals surface area contributed by atoms with Crippen LogP contribution in [-0.4, -0.2) is 26.5 Å². The SMILES string of the molecule is C#CCOc1c(-c2ccccc2)c2cc3nc(cc4ccc(cc5nc(cc1[nH]2)C=C5)[nH]4)C=C3. The number of terminal acetylenes is 1. The number of hydrogen-bond donors (Lipinski definition) is 2. The number of hydrogen-bond acceptors (Lipinski definition) is 3. The van der Waals surface area contributed by atoms with Crippen molar-refractivity contribution >= 4 is 46.4 Å². The van der Waals surface area contributed by atoms with Gasteiger partial charge in [0, 0.05) is 16.6 Å². The maximum Gasteiger partial charge on any atom is 0.154 e. The summed E-state index contributed by atoms with van der Waals surface area (Å²) in [5, 5.41) is 0. The quantitative estimate of drug-likeness (QED) is 0.316. The predicted molar refractivity (Wildman–Crippen MR) is 139 cm³/mol. The molecular formula is C29H20N4O. The lowest BCUT2D eigenvalue weighted by Gasteiger charge is -2.06. The molecule has 34 heavy (non-hydrogen) atoms. The van der Waals surface area contributed by atoms with Crippen molar-refractivity contribution in [2.24, 2.45) is 0 Å². The molecule has 0 saturated carbocycles. The van der Waals surface area contributed by atoms with Crippen LogP contribution >= 0.6 is 0 Å². The molecule has 1 aromatic carbocycles. The highest BCUT2D eigenvalue weighted by atomic mass is 16.5. The van der Waals surface area contributed by atoms with Gasteiger partial charge in [-0.25, -0.2) is 9.97 Å². The summed E-state index contributed by atoms with van der Waals surface area (Å²) in [4.78, 5) is 16.5. The fourth-order valence-electron chi connectivity index (χ4n) is 4.21. The summed E-state index contributed by atoms with van der Waals surface area (Å²) >= 11 is 0. The highest BCUT2D eigenvalue weighted by Gasteiger charge is 2.16. The van der Waals surface area contributed by atoms with Crippen molar-refractivity contribution < 1.29 is 4.74 Å². The van der Waals surface area contributed by atoms with Gasteiger partial charge < -0.3 is 14.7 Å². The van der Waals surface area contributed by atoms with E-state index in [0.717, 1.165) is 56.0 Å². The fourth-order valence-corrected chi connectivity index (χ4v) is 4.21. The monoisotopic (exact) mass is 440 g/mol. The van der Waals surface area contributed by atoms with Crippen LogP contribution in [0.3, 0.4) is 0 Å². The van der Waals surface area contributed by atoms with Gasteiger partial charge in [0.15, 0.2) is 5.75 Å². The molecule has 162 valence electrons. The number of aromatic nitrogens is 4. The maximum absolute atomic E-state index is 6.09. The molecule has 0 aliphatic carbocycles. The molecule has 2 aliphatic rings. The van der Waals surface area contributed by atoms with E-state index in [0.29, 0.717) is 5.75 Å². The van der Waals surface area contributed by atoms with E-state index in [1.54, 1.807) is 0 Å². The summed E-state index contributed by atoms with van der Waals surface area (Å²) in [6, 6.07) is 22.3. The Morgan fingerprint density at radius 3 is 1.91 bits per heavy atom. The summed E-state index contributed by atoms with van der Waals surface area (Å²) in [6.07, 6.45) is 13.5. The molecular weight excluding hydrogens is 420 g/mol. The van der Waals surface area contributed by atoms with Gasteiger partial charge in [-0.3, -0.25) is 0 Å². The number of nitrogens with zero attached hydrogens (tertiary/aromatic N) is 2. The second-order valence-electron chi connectivity index (χ2n) is 8.05. The standard InChI is InChI=1S/C29H20N4O/c1-2-14-34-29-27-18-25-13-11-23(32-25)16-21-9-8-20(30-21)15-22-10-12-24(31-22)17-26(33-27)28(29)19-6-4-3-5-7-19/h1,3-13,15-18,30,33H,14H2. The molecule has 8 bridgehead atoms. The molecule has 3 aromatic heterocycles. The third-order valence-electron chi connectivity index (χ3n) is 5.66. The molecule has 0 saturated heterocycles. The average Bonchev–Trinajstić information content (AvgIpc) is 3.63. The zero-order valence-corrected chi connectivity index (χ0v) is 18.2. The van der Waals surface area contributed by atoms with Gasteiger partial charge in [0.25, 0.3) is 0 Å². The van der Waals surface area contributed by atoms with E-state index in [4.69, 9.17) is 21.1 Å². The number of H-pyrrole nitrogens is 2. The number of ether oxygens (including phenoxy) is 1. The van der Waals surface area contributed by atoms with Gasteiger partial charge in [-0.15, -0.1) is 6.42 Å². The Bertz CT molecular complexity index is 1660. The zero-order chi connectivity index (χ0) is 22.9. The molecule has 4 aromatic rings. The van der Waals surface area contributed by atoms with Crippen LogP contribution in [0.15, 0.2) is 66.7 Å². The number of benzene rings is 1. The lowest BCUT2D eigenvalue weighted by molar-refractivity contribution is 0.376. The van der Waals surface area contributed by atoms with E-state index < -0.39 is 0 Å². The molecule has 5 heteroatoms. The van der Waals surface area contributed by atoms with Gasteiger partial charge in [0.2, 0.25) is 0 Å². The Morgan fingerprint density at radius 1 is 0.706 bits per heavy atom. The molecule has 0 radical (unpaired) electrons. The van der Waals surface area contributed by atoms with Crippen molar-refractivity contribution in [3.05, 3.63) is 89.5 Å². The second kappa shape index (κ2) is 8.27. The minimum absolute atomic E-state index is 0.161. The van der Waals surface area contributed by atoms with Crippen LogP contribution < -0.4 is 4.74 Å². The van der Waals surface area contributed by atoms with Crippen LogP contribution in [0.2, 0.25) is 0 Å². The van der Waals surface area contributed by atoms with Crippen LogP contribution in [0.1, 0.15) is 22.8 Å². The highest BCUT2D eigenvalue weighted by Crippen LogP contribution is 2.38. The first-order valence-electron chi connectivity index (χ1n) is 11.0. The highest BCUT2D eigenvalue weighted by molar-refractivity contribution is 5.94. The third-order valence-corrected chi connectivity index (χ3v) is 5.66. The van der Waals surface area contributed by atoms with Gasteiger partial charge in [0.1, 0.15) is 6.61 Å². The third kappa shape index (κ3) is 3.78. The molecule has 2 N–H and O–H groups in total. The summed E-state index contributed by atoms with van der Waals surface area (Å²) in [7, 11) is 0. The van der Waals surface area contributed by atoms with E-state index in [1.165, 1.54) is 0 Å². The van der Waals surface area contributed by atoms with Gasteiger partial charge in [-0.1, -0.05) is 36.3 Å². The number of fused-ring (bicyclic) bond motifs is 8. The number of nitrogens with one attached hydrogen (secondary N) is 2. The molecule has 0 unspecified atom stereocenters. The van der Waals surface area contributed by atoms with E-state index in [-0.39, 0.29) is 6.61 Å². The largest absolute Gasteiger partial charge is 0.478 e. The molecule has 0 fully saturated rings. The molecule has 0 spiro atoms. The fraction of sp³-hybridized carbons (Fsp3) is 0.0345. The number of aromatic amines is 2. The van der Waals surface area contributed by atoms with Gasteiger partial charge >= 0.3 is 0 Å². The zero-order valence-electron chi connectivity index (χ0n) is 18.2. The molecule has 5 heterocycles. The first-order valence-corrected chi connectivity index (χ1v) is 11.0. The normalized spacial score (nSPS) is 12.0. The van der Waals surface area contributed by atoms with Crippen molar-refractivity contribution in [2.45, 2.75) is 0 Å². The van der Waals surface area contributed by atoms with E-state index in [1.807, 2.05) is 78.9 Å².